The molecule has 162 valence electrons. The summed E-state index contributed by atoms with van der Waals surface area (Å²) in [7, 11) is 0. The van der Waals surface area contributed by atoms with Crippen molar-refractivity contribution in [3.63, 3.8) is 0 Å². The smallest absolute Gasteiger partial charge is 0.255 e. The van der Waals surface area contributed by atoms with Gasteiger partial charge in [-0.3, -0.25) is 4.79 Å². The molecule has 0 aliphatic carbocycles. The van der Waals surface area contributed by atoms with Crippen LogP contribution in [0.3, 0.4) is 0 Å². The van der Waals surface area contributed by atoms with E-state index in [1.54, 1.807) is 59.9 Å². The van der Waals surface area contributed by atoms with Crippen LogP contribution < -0.4 is 14.8 Å². The van der Waals surface area contributed by atoms with E-state index in [0.29, 0.717) is 34.4 Å². The summed E-state index contributed by atoms with van der Waals surface area (Å²) in [5.74, 6) is 0.838. The van der Waals surface area contributed by atoms with Crippen LogP contribution in [0.4, 0.5) is 5.69 Å². The van der Waals surface area contributed by atoms with Gasteiger partial charge in [-0.2, -0.15) is 0 Å². The van der Waals surface area contributed by atoms with Gasteiger partial charge in [0.1, 0.15) is 17.4 Å². The number of amides is 1. The van der Waals surface area contributed by atoms with Crippen molar-refractivity contribution in [2.75, 3.05) is 5.32 Å². The molecule has 0 atom stereocenters. The van der Waals surface area contributed by atoms with Crippen LogP contribution in [0.15, 0.2) is 66.2 Å². The Labute approximate surface area is 198 Å². The van der Waals surface area contributed by atoms with Gasteiger partial charge in [0.2, 0.25) is 5.88 Å². The van der Waals surface area contributed by atoms with Crippen LogP contribution in [-0.2, 0) is 6.61 Å². The fraction of sp³-hybridized carbons (Fsp3) is 0.0870. The largest absolute Gasteiger partial charge is 0.487 e. The number of carbonyl (C=O) groups is 1. The number of aryl methyl sites for hydroxylation is 1. The number of pyridine rings is 1. The summed E-state index contributed by atoms with van der Waals surface area (Å²) in [4.78, 5) is 21.3. The van der Waals surface area contributed by atoms with Crippen LogP contribution in [0.1, 0.15) is 21.1 Å². The quantitative estimate of drug-likeness (QED) is 0.312. The highest BCUT2D eigenvalue weighted by atomic mass is 35.5. The Hall–Kier alpha value is -3.13. The molecule has 2 aromatic heterocycles. The Morgan fingerprint density at radius 3 is 2.75 bits per heavy atom. The summed E-state index contributed by atoms with van der Waals surface area (Å²) >= 11 is 13.6. The van der Waals surface area contributed by atoms with Crippen molar-refractivity contribution >= 4 is 46.1 Å². The first-order valence-corrected chi connectivity index (χ1v) is 11.1. The molecule has 0 fully saturated rings. The number of para-hydroxylation sites is 2. The Kier molecular flexibility index (Phi) is 6.90. The third-order valence-corrected chi connectivity index (χ3v) is 5.57. The number of hydrogen-bond acceptors (Lipinski definition) is 6. The summed E-state index contributed by atoms with van der Waals surface area (Å²) < 4.78 is 11.6. The van der Waals surface area contributed by atoms with E-state index in [4.69, 9.17) is 32.7 Å². The average Bonchev–Trinajstić information content (AvgIpc) is 3.21. The second-order valence-electron chi connectivity index (χ2n) is 6.67. The molecule has 0 saturated carbocycles. The summed E-state index contributed by atoms with van der Waals surface area (Å²) in [6.45, 7) is 2.28. The van der Waals surface area contributed by atoms with Gasteiger partial charge >= 0.3 is 0 Å². The standard InChI is InChI=1S/C23H17Cl2N3O3S/c1-14-27-17(13-32-14)12-30-18-6-4-5-15(9-18)22(29)28-20-7-2-3-8-21(20)31-23-19(25)10-16(24)11-26-23/h2-11,13H,12H2,1H3,(H,28,29). The molecular formula is C23H17Cl2N3O3S. The highest BCUT2D eigenvalue weighted by molar-refractivity contribution is 7.09. The molecule has 0 aliphatic heterocycles. The number of carbonyl (C=O) groups excluding carboxylic acids is 1. The highest BCUT2D eigenvalue weighted by Gasteiger charge is 2.13. The summed E-state index contributed by atoms with van der Waals surface area (Å²) in [5, 5.41) is 6.45. The Morgan fingerprint density at radius 1 is 1.12 bits per heavy atom. The Balaban J connectivity index is 1.47. The second kappa shape index (κ2) is 9.99. The van der Waals surface area contributed by atoms with Crippen LogP contribution in [0.2, 0.25) is 10.0 Å². The highest BCUT2D eigenvalue weighted by Crippen LogP contribution is 2.33. The third kappa shape index (κ3) is 5.56. The molecule has 0 radical (unpaired) electrons. The maximum atomic E-state index is 12.9. The first-order valence-electron chi connectivity index (χ1n) is 9.51. The molecule has 0 aliphatic rings. The van der Waals surface area contributed by atoms with Gasteiger partial charge in [0, 0.05) is 17.1 Å². The van der Waals surface area contributed by atoms with Crippen molar-refractivity contribution in [2.45, 2.75) is 13.5 Å². The topological polar surface area (TPSA) is 73.3 Å². The van der Waals surface area contributed by atoms with E-state index >= 15 is 0 Å². The molecule has 2 heterocycles. The lowest BCUT2D eigenvalue weighted by Gasteiger charge is -2.13. The lowest BCUT2D eigenvalue weighted by Crippen LogP contribution is -2.12. The van der Waals surface area contributed by atoms with Gasteiger partial charge in [-0.25, -0.2) is 9.97 Å². The van der Waals surface area contributed by atoms with Crippen LogP contribution >= 0.6 is 34.5 Å². The van der Waals surface area contributed by atoms with E-state index in [0.717, 1.165) is 10.7 Å². The zero-order chi connectivity index (χ0) is 22.5. The number of rotatable bonds is 7. The first kappa shape index (κ1) is 22.1. The number of nitrogens with one attached hydrogen (secondary N) is 1. The van der Waals surface area contributed by atoms with Gasteiger partial charge in [0.05, 0.1) is 21.4 Å². The number of hydrogen-bond donors (Lipinski definition) is 1. The molecule has 0 saturated heterocycles. The fourth-order valence-electron chi connectivity index (χ4n) is 2.79. The van der Waals surface area contributed by atoms with Gasteiger partial charge in [0.25, 0.3) is 5.91 Å². The third-order valence-electron chi connectivity index (χ3n) is 4.27. The molecule has 32 heavy (non-hydrogen) atoms. The zero-order valence-electron chi connectivity index (χ0n) is 16.8. The molecule has 0 spiro atoms. The molecule has 4 aromatic rings. The summed E-state index contributed by atoms with van der Waals surface area (Å²) in [5.41, 5.74) is 1.76. The SMILES string of the molecule is Cc1nc(COc2cccc(C(=O)Nc3ccccc3Oc3ncc(Cl)cc3Cl)c2)cs1. The van der Waals surface area contributed by atoms with Crippen LogP contribution in [-0.4, -0.2) is 15.9 Å². The van der Waals surface area contributed by atoms with E-state index in [1.807, 2.05) is 12.3 Å². The van der Waals surface area contributed by atoms with Gasteiger partial charge in [0.15, 0.2) is 5.75 Å². The van der Waals surface area contributed by atoms with Crippen molar-refractivity contribution in [1.29, 1.82) is 0 Å². The van der Waals surface area contributed by atoms with Gasteiger partial charge in [-0.15, -0.1) is 11.3 Å². The van der Waals surface area contributed by atoms with Crippen molar-refractivity contribution in [3.05, 3.63) is 92.5 Å². The predicted molar refractivity (Wildman–Crippen MR) is 126 cm³/mol. The Bertz CT molecular complexity index is 1260. The Morgan fingerprint density at radius 2 is 1.97 bits per heavy atom. The molecular weight excluding hydrogens is 469 g/mol. The van der Waals surface area contributed by atoms with Crippen LogP contribution in [0, 0.1) is 6.92 Å². The number of anilines is 1. The first-order chi connectivity index (χ1) is 15.5. The number of thiazole rings is 1. The molecule has 9 heteroatoms. The maximum absolute atomic E-state index is 12.9. The van der Waals surface area contributed by atoms with E-state index in [1.165, 1.54) is 12.3 Å². The minimum absolute atomic E-state index is 0.186. The molecule has 0 unspecified atom stereocenters. The number of benzene rings is 2. The number of nitrogens with zero attached hydrogens (tertiary/aromatic N) is 2. The molecule has 1 amide bonds. The summed E-state index contributed by atoms with van der Waals surface area (Å²) in [6, 6.07) is 15.5. The lowest BCUT2D eigenvalue weighted by atomic mass is 10.2. The van der Waals surface area contributed by atoms with E-state index < -0.39 is 0 Å². The van der Waals surface area contributed by atoms with Crippen LogP contribution in [0.25, 0.3) is 0 Å². The van der Waals surface area contributed by atoms with Crippen molar-refractivity contribution in [1.82, 2.24) is 9.97 Å². The van der Waals surface area contributed by atoms with E-state index in [-0.39, 0.29) is 16.8 Å². The molecule has 4 rings (SSSR count). The van der Waals surface area contributed by atoms with Crippen molar-refractivity contribution in [2.24, 2.45) is 0 Å². The van der Waals surface area contributed by atoms with Crippen molar-refractivity contribution in [3.8, 4) is 17.4 Å². The summed E-state index contributed by atoms with van der Waals surface area (Å²) in [6.07, 6.45) is 1.43. The molecule has 6 nitrogen and oxygen atoms in total. The number of aromatic nitrogens is 2. The van der Waals surface area contributed by atoms with Gasteiger partial charge < -0.3 is 14.8 Å². The monoisotopic (exact) mass is 485 g/mol. The van der Waals surface area contributed by atoms with Gasteiger partial charge in [-0.05, 0) is 43.3 Å². The van der Waals surface area contributed by atoms with E-state index in [2.05, 4.69) is 15.3 Å². The van der Waals surface area contributed by atoms with E-state index in [9.17, 15) is 4.79 Å². The molecule has 0 bridgehead atoms. The normalized spacial score (nSPS) is 10.6. The lowest BCUT2D eigenvalue weighted by molar-refractivity contribution is 0.102. The fourth-order valence-corrected chi connectivity index (χ4v) is 3.81. The predicted octanol–water partition coefficient (Wildman–Crippen LogP) is 6.78. The second-order valence-corrected chi connectivity index (χ2v) is 8.57. The number of halogens is 2. The maximum Gasteiger partial charge on any atom is 0.255 e. The van der Waals surface area contributed by atoms with Crippen molar-refractivity contribution < 1.29 is 14.3 Å². The average molecular weight is 486 g/mol. The van der Waals surface area contributed by atoms with Crippen LogP contribution in [0.5, 0.6) is 17.4 Å². The van der Waals surface area contributed by atoms with Gasteiger partial charge in [-0.1, -0.05) is 41.4 Å². The molecule has 2 aromatic carbocycles. The molecule has 1 N–H and O–H groups in total. The minimum Gasteiger partial charge on any atom is -0.487 e. The minimum atomic E-state index is -0.314. The zero-order valence-corrected chi connectivity index (χ0v) is 19.2. The number of ether oxygens (including phenoxy) is 2.